The van der Waals surface area contributed by atoms with E-state index in [1.54, 1.807) is 0 Å². The number of nitrogens with zero attached hydrogens (tertiary/aromatic N) is 3. The van der Waals surface area contributed by atoms with E-state index in [2.05, 4.69) is 45.9 Å². The van der Waals surface area contributed by atoms with Crippen LogP contribution in [0.2, 0.25) is 0 Å². The maximum absolute atomic E-state index is 5.44. The van der Waals surface area contributed by atoms with Crippen molar-refractivity contribution in [3.05, 3.63) is 29.8 Å². The first-order valence-corrected chi connectivity index (χ1v) is 9.19. The molecule has 4 heteroatoms. The Morgan fingerprint density at radius 2 is 1.83 bits per heavy atom. The van der Waals surface area contributed by atoms with Crippen molar-refractivity contribution < 1.29 is 4.74 Å². The van der Waals surface area contributed by atoms with Gasteiger partial charge >= 0.3 is 0 Å². The Labute approximate surface area is 140 Å². The number of morpholine rings is 1. The van der Waals surface area contributed by atoms with Crippen molar-refractivity contribution in [2.75, 3.05) is 50.8 Å². The highest BCUT2D eigenvalue weighted by Crippen LogP contribution is 2.26. The lowest BCUT2D eigenvalue weighted by atomic mass is 10.1. The van der Waals surface area contributed by atoms with Gasteiger partial charge in [0, 0.05) is 50.5 Å². The third-order valence-corrected chi connectivity index (χ3v) is 5.76. The van der Waals surface area contributed by atoms with Crippen LogP contribution >= 0.6 is 0 Å². The fourth-order valence-electron chi connectivity index (χ4n) is 4.34. The molecule has 0 unspecified atom stereocenters. The molecular formula is C19H29N3O. The molecule has 3 aliphatic heterocycles. The summed E-state index contributed by atoms with van der Waals surface area (Å²) in [5, 5.41) is 0. The number of benzene rings is 1. The predicted octanol–water partition coefficient (Wildman–Crippen LogP) is 2.19. The van der Waals surface area contributed by atoms with E-state index < -0.39 is 0 Å². The lowest BCUT2D eigenvalue weighted by Gasteiger charge is -2.42. The first-order valence-electron chi connectivity index (χ1n) is 9.19. The molecule has 3 heterocycles. The van der Waals surface area contributed by atoms with Crippen molar-refractivity contribution in [2.45, 2.75) is 38.4 Å². The van der Waals surface area contributed by atoms with Gasteiger partial charge in [-0.3, -0.25) is 9.80 Å². The normalized spacial score (nSPS) is 29.7. The quantitative estimate of drug-likeness (QED) is 0.851. The summed E-state index contributed by atoms with van der Waals surface area (Å²) in [4.78, 5) is 7.80. The van der Waals surface area contributed by atoms with Crippen molar-refractivity contribution in [1.82, 2.24) is 9.80 Å². The van der Waals surface area contributed by atoms with Crippen LogP contribution < -0.4 is 4.90 Å². The van der Waals surface area contributed by atoms with Crippen LogP contribution in [-0.4, -0.2) is 67.8 Å². The first kappa shape index (κ1) is 15.4. The molecule has 126 valence electrons. The van der Waals surface area contributed by atoms with Gasteiger partial charge in [-0.2, -0.15) is 0 Å². The summed E-state index contributed by atoms with van der Waals surface area (Å²) < 4.78 is 5.44. The fourth-order valence-corrected chi connectivity index (χ4v) is 4.34. The monoisotopic (exact) mass is 315 g/mol. The maximum Gasteiger partial charge on any atom is 0.0642 e. The summed E-state index contributed by atoms with van der Waals surface area (Å²) in [7, 11) is 0. The number of fused-ring (bicyclic) bond motifs is 1. The van der Waals surface area contributed by atoms with Crippen molar-refractivity contribution in [3.63, 3.8) is 0 Å². The van der Waals surface area contributed by atoms with Crippen LogP contribution in [0, 0.1) is 0 Å². The number of piperazine rings is 1. The van der Waals surface area contributed by atoms with Crippen molar-refractivity contribution in [3.8, 4) is 0 Å². The minimum Gasteiger partial charge on any atom is -0.378 e. The van der Waals surface area contributed by atoms with E-state index in [4.69, 9.17) is 4.74 Å². The fraction of sp³-hybridized carbons (Fsp3) is 0.684. The highest BCUT2D eigenvalue weighted by Gasteiger charge is 2.34. The maximum atomic E-state index is 5.44. The summed E-state index contributed by atoms with van der Waals surface area (Å²) >= 11 is 0. The van der Waals surface area contributed by atoms with Gasteiger partial charge in [0.2, 0.25) is 0 Å². The second kappa shape index (κ2) is 6.80. The van der Waals surface area contributed by atoms with Gasteiger partial charge in [0.15, 0.2) is 0 Å². The number of ether oxygens (including phenoxy) is 1. The Morgan fingerprint density at radius 3 is 2.61 bits per heavy atom. The zero-order chi connectivity index (χ0) is 15.6. The van der Waals surface area contributed by atoms with Gasteiger partial charge in [0.05, 0.1) is 13.2 Å². The third kappa shape index (κ3) is 3.39. The van der Waals surface area contributed by atoms with Gasteiger partial charge in [0.1, 0.15) is 0 Å². The van der Waals surface area contributed by atoms with Gasteiger partial charge in [-0.05, 0) is 44.0 Å². The Bertz CT molecular complexity index is 512. The summed E-state index contributed by atoms with van der Waals surface area (Å²) in [5.41, 5.74) is 2.78. The average molecular weight is 315 g/mol. The smallest absolute Gasteiger partial charge is 0.0642 e. The van der Waals surface area contributed by atoms with E-state index in [-0.39, 0.29) is 0 Å². The van der Waals surface area contributed by atoms with Gasteiger partial charge in [-0.15, -0.1) is 0 Å². The molecule has 4 rings (SSSR count). The zero-order valence-electron chi connectivity index (χ0n) is 14.3. The standard InChI is InChI=1S/C19H29N3O/c1-16-13-21-8-2-3-19(21)15-22(16)14-17-4-6-18(7-5-17)20-9-11-23-12-10-20/h4-7,16,19H,2-3,8-15H2,1H3/t16-,19-/m0/s1. The van der Waals surface area contributed by atoms with Crippen LogP contribution in [-0.2, 0) is 11.3 Å². The van der Waals surface area contributed by atoms with E-state index in [1.165, 1.54) is 43.7 Å². The second-order valence-electron chi connectivity index (χ2n) is 7.34. The SMILES string of the molecule is C[C@H]1CN2CCC[C@H]2CN1Cc1ccc(N2CCOCC2)cc1. The number of hydrogen-bond acceptors (Lipinski definition) is 4. The topological polar surface area (TPSA) is 19.0 Å². The molecule has 0 saturated carbocycles. The highest BCUT2D eigenvalue weighted by atomic mass is 16.5. The Hall–Kier alpha value is -1.10. The van der Waals surface area contributed by atoms with E-state index in [0.29, 0.717) is 6.04 Å². The Morgan fingerprint density at radius 1 is 1.04 bits per heavy atom. The molecule has 0 aromatic heterocycles. The summed E-state index contributed by atoms with van der Waals surface area (Å²) in [6.07, 6.45) is 2.78. The van der Waals surface area contributed by atoms with E-state index in [9.17, 15) is 0 Å². The highest BCUT2D eigenvalue weighted by molar-refractivity contribution is 5.47. The summed E-state index contributed by atoms with van der Waals surface area (Å²) in [6, 6.07) is 10.7. The minimum atomic E-state index is 0.670. The van der Waals surface area contributed by atoms with E-state index >= 15 is 0 Å². The second-order valence-corrected chi connectivity index (χ2v) is 7.34. The molecule has 0 bridgehead atoms. The molecule has 1 aromatic rings. The molecule has 23 heavy (non-hydrogen) atoms. The molecule has 3 aliphatic rings. The summed E-state index contributed by atoms with van der Waals surface area (Å²) in [6.45, 7) is 11.0. The minimum absolute atomic E-state index is 0.670. The zero-order valence-corrected chi connectivity index (χ0v) is 14.3. The molecule has 0 spiro atoms. The molecule has 3 fully saturated rings. The van der Waals surface area contributed by atoms with Crippen molar-refractivity contribution in [2.24, 2.45) is 0 Å². The van der Waals surface area contributed by atoms with Gasteiger partial charge < -0.3 is 9.64 Å². The first-order chi connectivity index (χ1) is 11.3. The van der Waals surface area contributed by atoms with Crippen LogP contribution in [0.1, 0.15) is 25.3 Å². The molecule has 3 saturated heterocycles. The largest absolute Gasteiger partial charge is 0.378 e. The van der Waals surface area contributed by atoms with E-state index in [1.807, 2.05) is 0 Å². The Kier molecular flexibility index (Phi) is 4.56. The molecule has 0 aliphatic carbocycles. The van der Waals surface area contributed by atoms with Crippen molar-refractivity contribution >= 4 is 5.69 Å². The van der Waals surface area contributed by atoms with Crippen molar-refractivity contribution in [1.29, 1.82) is 0 Å². The molecule has 1 aromatic carbocycles. The number of rotatable bonds is 3. The lowest BCUT2D eigenvalue weighted by molar-refractivity contribution is 0.0540. The lowest BCUT2D eigenvalue weighted by Crippen LogP contribution is -2.54. The van der Waals surface area contributed by atoms with E-state index in [0.717, 1.165) is 38.9 Å². The third-order valence-electron chi connectivity index (χ3n) is 5.76. The molecule has 0 N–H and O–H groups in total. The molecule has 4 nitrogen and oxygen atoms in total. The van der Waals surface area contributed by atoms with Gasteiger partial charge in [0.25, 0.3) is 0 Å². The number of hydrogen-bond donors (Lipinski definition) is 0. The predicted molar refractivity (Wildman–Crippen MR) is 93.9 cm³/mol. The van der Waals surface area contributed by atoms with Crippen LogP contribution in [0.25, 0.3) is 0 Å². The molecule has 2 atom stereocenters. The summed E-state index contributed by atoms with van der Waals surface area (Å²) in [5.74, 6) is 0. The Balaban J connectivity index is 1.38. The van der Waals surface area contributed by atoms with Crippen LogP contribution in [0.3, 0.4) is 0 Å². The number of anilines is 1. The van der Waals surface area contributed by atoms with Crippen LogP contribution in [0.4, 0.5) is 5.69 Å². The molecular weight excluding hydrogens is 286 g/mol. The van der Waals surface area contributed by atoms with Crippen LogP contribution in [0.15, 0.2) is 24.3 Å². The van der Waals surface area contributed by atoms with Crippen LogP contribution in [0.5, 0.6) is 0 Å². The van der Waals surface area contributed by atoms with Gasteiger partial charge in [-0.25, -0.2) is 0 Å². The average Bonchev–Trinajstić information content (AvgIpc) is 3.04. The molecule has 0 radical (unpaired) electrons. The molecule has 0 amide bonds. The van der Waals surface area contributed by atoms with Gasteiger partial charge in [-0.1, -0.05) is 12.1 Å².